The monoisotopic (exact) mass is 472 g/mol. The van der Waals surface area contributed by atoms with Crippen molar-refractivity contribution in [1.82, 2.24) is 9.78 Å². The SMILES string of the molecule is C=Cc1cccc(-c2c(-c3ccccc3)nn(CC3CCC(COCC(=C)C)CC3)c2CC)c1F. The molecule has 0 bridgehead atoms. The van der Waals surface area contributed by atoms with Crippen molar-refractivity contribution in [3.63, 3.8) is 0 Å². The van der Waals surface area contributed by atoms with Crippen LogP contribution in [0.3, 0.4) is 0 Å². The second kappa shape index (κ2) is 11.6. The molecule has 3 nitrogen and oxygen atoms in total. The van der Waals surface area contributed by atoms with Crippen molar-refractivity contribution in [1.29, 1.82) is 0 Å². The summed E-state index contributed by atoms with van der Waals surface area (Å²) in [6.07, 6.45) is 7.06. The van der Waals surface area contributed by atoms with E-state index in [-0.39, 0.29) is 5.82 Å². The summed E-state index contributed by atoms with van der Waals surface area (Å²) >= 11 is 0. The lowest BCUT2D eigenvalue weighted by atomic mass is 9.82. The molecule has 0 atom stereocenters. The van der Waals surface area contributed by atoms with Gasteiger partial charge in [-0.1, -0.05) is 80.3 Å². The van der Waals surface area contributed by atoms with Crippen molar-refractivity contribution in [2.75, 3.05) is 13.2 Å². The van der Waals surface area contributed by atoms with E-state index < -0.39 is 0 Å². The highest BCUT2D eigenvalue weighted by Gasteiger charge is 2.26. The highest BCUT2D eigenvalue weighted by Crippen LogP contribution is 2.38. The molecule has 0 aliphatic heterocycles. The molecule has 0 saturated heterocycles. The zero-order valence-corrected chi connectivity index (χ0v) is 21.1. The van der Waals surface area contributed by atoms with Gasteiger partial charge < -0.3 is 4.74 Å². The van der Waals surface area contributed by atoms with Crippen LogP contribution >= 0.6 is 0 Å². The normalized spacial score (nSPS) is 17.9. The molecule has 2 aromatic carbocycles. The highest BCUT2D eigenvalue weighted by molar-refractivity contribution is 5.84. The molecule has 4 rings (SSSR count). The molecule has 1 aromatic heterocycles. The summed E-state index contributed by atoms with van der Waals surface area (Å²) in [5, 5.41) is 5.10. The summed E-state index contributed by atoms with van der Waals surface area (Å²) < 4.78 is 23.5. The van der Waals surface area contributed by atoms with Gasteiger partial charge in [0.2, 0.25) is 0 Å². The van der Waals surface area contributed by atoms with Gasteiger partial charge in [-0.3, -0.25) is 4.68 Å². The minimum atomic E-state index is -0.232. The van der Waals surface area contributed by atoms with E-state index in [0.29, 0.717) is 29.6 Å². The van der Waals surface area contributed by atoms with Gasteiger partial charge >= 0.3 is 0 Å². The van der Waals surface area contributed by atoms with Gasteiger partial charge in [0, 0.05) is 41.1 Å². The first-order chi connectivity index (χ1) is 17.0. The molecule has 4 heteroatoms. The molecule has 0 unspecified atom stereocenters. The molecule has 35 heavy (non-hydrogen) atoms. The number of halogens is 1. The van der Waals surface area contributed by atoms with E-state index >= 15 is 4.39 Å². The quantitative estimate of drug-likeness (QED) is 0.280. The van der Waals surface area contributed by atoms with Crippen molar-refractivity contribution in [3.05, 3.63) is 84.3 Å². The van der Waals surface area contributed by atoms with Crippen LogP contribution in [-0.2, 0) is 17.7 Å². The molecular formula is C31H37FN2O. The molecule has 0 amide bonds. The van der Waals surface area contributed by atoms with Crippen molar-refractivity contribution < 1.29 is 9.13 Å². The molecule has 1 aliphatic rings. The Kier molecular flexibility index (Phi) is 8.35. The molecule has 0 radical (unpaired) electrons. The molecule has 1 aliphatic carbocycles. The predicted molar refractivity (Wildman–Crippen MR) is 144 cm³/mol. The van der Waals surface area contributed by atoms with Crippen LogP contribution in [0, 0.1) is 17.7 Å². The molecule has 1 heterocycles. The highest BCUT2D eigenvalue weighted by atomic mass is 19.1. The molecule has 3 aromatic rings. The van der Waals surface area contributed by atoms with Crippen LogP contribution in [-0.4, -0.2) is 23.0 Å². The van der Waals surface area contributed by atoms with Gasteiger partial charge in [-0.25, -0.2) is 4.39 Å². The van der Waals surface area contributed by atoms with Crippen LogP contribution in [0.2, 0.25) is 0 Å². The van der Waals surface area contributed by atoms with E-state index in [1.165, 1.54) is 25.7 Å². The minimum Gasteiger partial charge on any atom is -0.377 e. The average Bonchev–Trinajstić information content (AvgIpc) is 3.23. The number of aromatic nitrogens is 2. The lowest BCUT2D eigenvalue weighted by molar-refractivity contribution is 0.0897. The first kappa shape index (κ1) is 25.1. The summed E-state index contributed by atoms with van der Waals surface area (Å²) in [6.45, 7) is 14.2. The topological polar surface area (TPSA) is 27.1 Å². The van der Waals surface area contributed by atoms with E-state index in [2.05, 4.69) is 36.9 Å². The van der Waals surface area contributed by atoms with Gasteiger partial charge in [0.1, 0.15) is 11.5 Å². The molecule has 0 N–H and O–H groups in total. The summed E-state index contributed by atoms with van der Waals surface area (Å²) in [5.74, 6) is 0.961. The Morgan fingerprint density at radius 1 is 1.09 bits per heavy atom. The van der Waals surface area contributed by atoms with E-state index in [9.17, 15) is 0 Å². The Morgan fingerprint density at radius 2 is 1.80 bits per heavy atom. The Balaban J connectivity index is 1.62. The lowest BCUT2D eigenvalue weighted by Gasteiger charge is -2.28. The number of hydrogen-bond donors (Lipinski definition) is 0. The number of hydrogen-bond acceptors (Lipinski definition) is 2. The van der Waals surface area contributed by atoms with E-state index in [4.69, 9.17) is 9.84 Å². The summed E-state index contributed by atoms with van der Waals surface area (Å²) in [6, 6.07) is 15.7. The Hall–Kier alpha value is -2.98. The van der Waals surface area contributed by atoms with Gasteiger partial charge in [-0.05, 0) is 50.9 Å². The summed E-state index contributed by atoms with van der Waals surface area (Å²) in [4.78, 5) is 0. The average molecular weight is 473 g/mol. The number of nitrogens with zero attached hydrogens (tertiary/aromatic N) is 2. The van der Waals surface area contributed by atoms with Crippen LogP contribution in [0.4, 0.5) is 4.39 Å². The maximum atomic E-state index is 15.5. The number of ether oxygens (including phenoxy) is 1. The molecule has 1 fully saturated rings. The Bertz CT molecular complexity index is 1160. The van der Waals surface area contributed by atoms with Gasteiger partial charge in [0.15, 0.2) is 0 Å². The molecule has 0 spiro atoms. The standard InChI is InChI=1S/C31H37FN2O/c1-5-25-13-10-14-27(30(25)32)29-28(6-2)34(33-31(29)26-11-8-7-9-12-26)19-23-15-17-24(18-16-23)21-35-20-22(3)4/h5,7-14,23-24H,1,3,6,15-21H2,2,4H3. The third-order valence-corrected chi connectivity index (χ3v) is 7.06. The van der Waals surface area contributed by atoms with Crippen molar-refractivity contribution in [2.24, 2.45) is 11.8 Å². The van der Waals surface area contributed by atoms with E-state index in [1.807, 2.05) is 37.3 Å². The van der Waals surface area contributed by atoms with Crippen LogP contribution in [0.25, 0.3) is 28.5 Å². The fourth-order valence-corrected chi connectivity index (χ4v) is 5.21. The zero-order valence-electron chi connectivity index (χ0n) is 21.1. The lowest BCUT2D eigenvalue weighted by Crippen LogP contribution is -2.23. The van der Waals surface area contributed by atoms with Crippen LogP contribution < -0.4 is 0 Å². The maximum absolute atomic E-state index is 15.5. The Morgan fingerprint density at radius 3 is 2.46 bits per heavy atom. The van der Waals surface area contributed by atoms with Crippen LogP contribution in [0.15, 0.2) is 67.3 Å². The maximum Gasteiger partial charge on any atom is 0.138 e. The molecule has 1 saturated carbocycles. The molecular weight excluding hydrogens is 435 g/mol. The Labute approximate surface area is 209 Å². The fourth-order valence-electron chi connectivity index (χ4n) is 5.21. The molecule has 184 valence electrons. The first-order valence-corrected chi connectivity index (χ1v) is 12.8. The van der Waals surface area contributed by atoms with Gasteiger partial charge in [-0.2, -0.15) is 5.10 Å². The summed E-state index contributed by atoms with van der Waals surface area (Å²) in [5.41, 5.74) is 6.05. The number of rotatable bonds is 10. The second-order valence-corrected chi connectivity index (χ2v) is 9.84. The third-order valence-electron chi connectivity index (χ3n) is 7.06. The van der Waals surface area contributed by atoms with Crippen molar-refractivity contribution in [3.8, 4) is 22.4 Å². The largest absolute Gasteiger partial charge is 0.377 e. The van der Waals surface area contributed by atoms with Gasteiger partial charge in [0.25, 0.3) is 0 Å². The zero-order chi connectivity index (χ0) is 24.8. The third kappa shape index (κ3) is 5.82. The van der Waals surface area contributed by atoms with E-state index in [0.717, 1.165) is 47.7 Å². The minimum absolute atomic E-state index is 0.232. The van der Waals surface area contributed by atoms with Gasteiger partial charge in [0.05, 0.1) is 6.61 Å². The summed E-state index contributed by atoms with van der Waals surface area (Å²) in [7, 11) is 0. The first-order valence-electron chi connectivity index (χ1n) is 12.8. The second-order valence-electron chi connectivity index (χ2n) is 9.84. The van der Waals surface area contributed by atoms with Crippen molar-refractivity contribution in [2.45, 2.75) is 52.5 Å². The number of benzene rings is 2. The van der Waals surface area contributed by atoms with Crippen LogP contribution in [0.5, 0.6) is 0 Å². The van der Waals surface area contributed by atoms with Crippen molar-refractivity contribution >= 4 is 6.08 Å². The van der Waals surface area contributed by atoms with Gasteiger partial charge in [-0.15, -0.1) is 0 Å². The predicted octanol–water partition coefficient (Wildman–Crippen LogP) is 7.96. The van der Waals surface area contributed by atoms with E-state index in [1.54, 1.807) is 12.1 Å². The fraction of sp³-hybridized carbons (Fsp3) is 0.387. The smallest absolute Gasteiger partial charge is 0.138 e. The van der Waals surface area contributed by atoms with Crippen LogP contribution in [0.1, 0.15) is 50.8 Å².